The molecule has 1 atom stereocenters. The van der Waals surface area contributed by atoms with Crippen LogP contribution in [0.25, 0.3) is 0 Å². The Kier molecular flexibility index (Phi) is 2.95. The number of nitrogens with one attached hydrogen (secondary N) is 1. The SMILES string of the molecule is CNC(c1sc(C)cc1C)C1C(C)(C)C1(C)C. The average Bonchev–Trinajstić information content (AvgIpc) is 2.50. The summed E-state index contributed by atoms with van der Waals surface area (Å²) in [6.07, 6.45) is 0. The van der Waals surface area contributed by atoms with Gasteiger partial charge in [-0.2, -0.15) is 0 Å². The van der Waals surface area contributed by atoms with Crippen molar-refractivity contribution in [2.24, 2.45) is 16.7 Å². The molecule has 1 N–H and O–H groups in total. The van der Waals surface area contributed by atoms with Gasteiger partial charge in [-0.3, -0.25) is 0 Å². The molecule has 0 aliphatic heterocycles. The fraction of sp³-hybridized carbons (Fsp3) is 0.733. The van der Waals surface area contributed by atoms with Gasteiger partial charge in [-0.25, -0.2) is 0 Å². The van der Waals surface area contributed by atoms with Crippen molar-refractivity contribution in [3.63, 3.8) is 0 Å². The summed E-state index contributed by atoms with van der Waals surface area (Å²) >= 11 is 1.95. The minimum Gasteiger partial charge on any atom is -0.312 e. The molecule has 1 aliphatic carbocycles. The molecule has 2 heteroatoms. The van der Waals surface area contributed by atoms with Crippen LogP contribution >= 0.6 is 11.3 Å². The highest BCUT2D eigenvalue weighted by Gasteiger charge is 2.67. The summed E-state index contributed by atoms with van der Waals surface area (Å²) < 4.78 is 0. The van der Waals surface area contributed by atoms with Crippen molar-refractivity contribution in [2.45, 2.75) is 47.6 Å². The second-order valence-electron chi connectivity index (χ2n) is 6.59. The third kappa shape index (κ3) is 1.77. The topological polar surface area (TPSA) is 12.0 Å². The maximum absolute atomic E-state index is 3.56. The maximum atomic E-state index is 3.56. The smallest absolute Gasteiger partial charge is 0.0454 e. The molecule has 1 aliphatic rings. The number of aryl methyl sites for hydroxylation is 2. The van der Waals surface area contributed by atoms with Crippen molar-refractivity contribution in [3.8, 4) is 0 Å². The van der Waals surface area contributed by atoms with Gasteiger partial charge in [0.1, 0.15) is 0 Å². The van der Waals surface area contributed by atoms with E-state index in [0.717, 1.165) is 5.92 Å². The standard InChI is InChI=1S/C15H25NS/c1-9-8-10(2)17-12(9)11(16-7)13-14(3,4)15(13,5)6/h8,11,13,16H,1-7H3. The van der Waals surface area contributed by atoms with Gasteiger partial charge in [0.15, 0.2) is 0 Å². The predicted molar refractivity (Wildman–Crippen MR) is 76.6 cm³/mol. The summed E-state index contributed by atoms with van der Waals surface area (Å²) in [6.45, 7) is 14.0. The lowest BCUT2D eigenvalue weighted by molar-refractivity contribution is 0.442. The first-order valence-corrected chi connectivity index (χ1v) is 7.29. The molecule has 96 valence electrons. The number of rotatable bonds is 3. The Balaban J connectivity index is 2.34. The second kappa shape index (κ2) is 3.83. The van der Waals surface area contributed by atoms with Crippen LogP contribution in [-0.4, -0.2) is 7.05 Å². The van der Waals surface area contributed by atoms with Gasteiger partial charge < -0.3 is 5.32 Å². The lowest BCUT2D eigenvalue weighted by Crippen LogP contribution is -2.21. The quantitative estimate of drug-likeness (QED) is 0.844. The molecule has 1 aromatic heterocycles. The summed E-state index contributed by atoms with van der Waals surface area (Å²) in [7, 11) is 2.10. The van der Waals surface area contributed by atoms with Crippen molar-refractivity contribution in [2.75, 3.05) is 7.05 Å². The summed E-state index contributed by atoms with van der Waals surface area (Å²) in [5, 5.41) is 3.56. The summed E-state index contributed by atoms with van der Waals surface area (Å²) in [6, 6.07) is 2.82. The summed E-state index contributed by atoms with van der Waals surface area (Å²) in [5.41, 5.74) is 2.32. The van der Waals surface area contributed by atoms with E-state index in [1.54, 1.807) is 0 Å². The molecule has 1 aromatic rings. The molecule has 1 fully saturated rings. The van der Waals surface area contributed by atoms with E-state index in [-0.39, 0.29) is 0 Å². The molecule has 0 aromatic carbocycles. The van der Waals surface area contributed by atoms with Gasteiger partial charge in [-0.1, -0.05) is 27.7 Å². The van der Waals surface area contributed by atoms with Crippen LogP contribution in [0.3, 0.4) is 0 Å². The van der Waals surface area contributed by atoms with E-state index in [2.05, 4.69) is 60.0 Å². The third-order valence-electron chi connectivity index (χ3n) is 5.14. The van der Waals surface area contributed by atoms with Crippen LogP contribution in [0.2, 0.25) is 0 Å². The van der Waals surface area contributed by atoms with E-state index >= 15 is 0 Å². The zero-order chi connectivity index (χ0) is 13.0. The van der Waals surface area contributed by atoms with E-state index in [9.17, 15) is 0 Å². The monoisotopic (exact) mass is 251 g/mol. The Morgan fingerprint density at radius 2 is 1.71 bits per heavy atom. The third-order valence-corrected chi connectivity index (χ3v) is 6.37. The van der Waals surface area contributed by atoms with E-state index in [4.69, 9.17) is 0 Å². The molecule has 1 unspecified atom stereocenters. The maximum Gasteiger partial charge on any atom is 0.0454 e. The summed E-state index contributed by atoms with van der Waals surface area (Å²) in [4.78, 5) is 2.96. The molecule has 17 heavy (non-hydrogen) atoms. The molecule has 0 saturated heterocycles. The minimum absolute atomic E-state index is 0.436. The van der Waals surface area contributed by atoms with E-state index in [1.807, 2.05) is 11.3 Å². The van der Waals surface area contributed by atoms with Gasteiger partial charge in [0.25, 0.3) is 0 Å². The van der Waals surface area contributed by atoms with Crippen LogP contribution < -0.4 is 5.32 Å². The first kappa shape index (κ1) is 13.1. The van der Waals surface area contributed by atoms with Crippen LogP contribution in [-0.2, 0) is 0 Å². The van der Waals surface area contributed by atoms with Gasteiger partial charge in [0.05, 0.1) is 0 Å². The lowest BCUT2D eigenvalue weighted by Gasteiger charge is -2.18. The lowest BCUT2D eigenvalue weighted by atomic mass is 10.0. The molecule has 1 nitrogen and oxygen atoms in total. The number of thiophene rings is 1. The Bertz CT molecular complexity index is 414. The molecular weight excluding hydrogens is 226 g/mol. The highest BCUT2D eigenvalue weighted by Crippen LogP contribution is 2.72. The molecule has 0 amide bonds. The zero-order valence-corrected chi connectivity index (χ0v) is 13.0. The fourth-order valence-corrected chi connectivity index (χ4v) is 4.68. The molecule has 0 spiro atoms. The van der Waals surface area contributed by atoms with Crippen LogP contribution in [0.5, 0.6) is 0 Å². The van der Waals surface area contributed by atoms with Gasteiger partial charge >= 0.3 is 0 Å². The Morgan fingerprint density at radius 1 is 1.18 bits per heavy atom. The molecule has 2 rings (SSSR count). The van der Waals surface area contributed by atoms with Crippen molar-refractivity contribution in [3.05, 3.63) is 21.4 Å². The Hall–Kier alpha value is -0.340. The average molecular weight is 251 g/mol. The minimum atomic E-state index is 0.436. The largest absolute Gasteiger partial charge is 0.312 e. The van der Waals surface area contributed by atoms with Gasteiger partial charge in [0, 0.05) is 15.8 Å². The van der Waals surface area contributed by atoms with Gasteiger partial charge in [-0.15, -0.1) is 11.3 Å². The molecule has 0 bridgehead atoms. The predicted octanol–water partition coefficient (Wildman–Crippen LogP) is 4.31. The van der Waals surface area contributed by atoms with E-state index in [1.165, 1.54) is 15.3 Å². The first-order chi connectivity index (χ1) is 7.73. The highest BCUT2D eigenvalue weighted by molar-refractivity contribution is 7.12. The zero-order valence-electron chi connectivity index (χ0n) is 12.1. The Morgan fingerprint density at radius 3 is 2.00 bits per heavy atom. The number of hydrogen-bond acceptors (Lipinski definition) is 2. The normalized spacial score (nSPS) is 23.7. The van der Waals surface area contributed by atoms with Crippen molar-refractivity contribution < 1.29 is 0 Å². The molecular formula is C15H25NS. The van der Waals surface area contributed by atoms with E-state index < -0.39 is 0 Å². The van der Waals surface area contributed by atoms with E-state index in [0.29, 0.717) is 16.9 Å². The van der Waals surface area contributed by atoms with Crippen LogP contribution in [0, 0.1) is 30.6 Å². The second-order valence-corrected chi connectivity index (χ2v) is 7.88. The molecule has 0 radical (unpaired) electrons. The van der Waals surface area contributed by atoms with Crippen molar-refractivity contribution in [1.82, 2.24) is 5.32 Å². The fourth-order valence-electron chi connectivity index (χ4n) is 3.50. The summed E-state index contributed by atoms with van der Waals surface area (Å²) in [5.74, 6) is 0.733. The van der Waals surface area contributed by atoms with Crippen LogP contribution in [0.1, 0.15) is 49.1 Å². The van der Waals surface area contributed by atoms with Gasteiger partial charge in [-0.05, 0) is 49.3 Å². The number of hydrogen-bond donors (Lipinski definition) is 1. The van der Waals surface area contributed by atoms with Crippen molar-refractivity contribution >= 4 is 11.3 Å². The van der Waals surface area contributed by atoms with Crippen molar-refractivity contribution in [1.29, 1.82) is 0 Å². The molecule has 1 heterocycles. The van der Waals surface area contributed by atoms with Crippen LogP contribution in [0.4, 0.5) is 0 Å². The van der Waals surface area contributed by atoms with Crippen LogP contribution in [0.15, 0.2) is 6.07 Å². The highest BCUT2D eigenvalue weighted by atomic mass is 32.1. The first-order valence-electron chi connectivity index (χ1n) is 6.47. The Labute approximate surface area is 110 Å². The molecule has 1 saturated carbocycles. The van der Waals surface area contributed by atoms with Gasteiger partial charge in [0.2, 0.25) is 0 Å².